The first-order valence-corrected chi connectivity index (χ1v) is 8.54. The third-order valence-electron chi connectivity index (χ3n) is 6.11. The van der Waals surface area contributed by atoms with Gasteiger partial charge in [0.2, 0.25) is 5.91 Å². The smallest absolute Gasteiger partial charge is 0.228 e. The number of carbonyl (C=O) groups excluding carboxylic acids is 1. The molecule has 0 radical (unpaired) electrons. The minimum Gasteiger partial charge on any atom is -0.351 e. The van der Waals surface area contributed by atoms with E-state index in [1.165, 1.54) is 38.6 Å². The third kappa shape index (κ3) is 2.17. The van der Waals surface area contributed by atoms with E-state index in [0.29, 0.717) is 17.9 Å². The molecule has 4 heteroatoms. The Morgan fingerprint density at radius 2 is 2.10 bits per heavy atom. The van der Waals surface area contributed by atoms with Crippen molar-refractivity contribution >= 4 is 5.91 Å². The van der Waals surface area contributed by atoms with Gasteiger partial charge in [-0.2, -0.15) is 0 Å². The normalized spacial score (nSPS) is 41.6. The minimum absolute atomic E-state index is 0.0781. The zero-order valence-electron chi connectivity index (χ0n) is 12.4. The number of rotatable bonds is 3. The second-order valence-corrected chi connectivity index (χ2v) is 7.41. The molecule has 4 fully saturated rings. The fourth-order valence-electron chi connectivity index (χ4n) is 4.70. The van der Waals surface area contributed by atoms with E-state index in [2.05, 4.69) is 15.5 Å². The highest BCUT2D eigenvalue weighted by Gasteiger charge is 2.50. The zero-order chi connectivity index (χ0) is 13.6. The molecular weight excluding hydrogens is 250 g/mol. The van der Waals surface area contributed by atoms with Gasteiger partial charge in [0.05, 0.1) is 5.41 Å². The molecule has 1 unspecified atom stereocenters. The van der Waals surface area contributed by atoms with Crippen LogP contribution < -0.4 is 10.6 Å². The van der Waals surface area contributed by atoms with E-state index in [4.69, 9.17) is 0 Å². The zero-order valence-corrected chi connectivity index (χ0v) is 12.4. The molecule has 112 valence electrons. The second kappa shape index (κ2) is 4.99. The molecule has 2 N–H and O–H groups in total. The van der Waals surface area contributed by atoms with Crippen LogP contribution >= 0.6 is 0 Å². The lowest BCUT2D eigenvalue weighted by Gasteiger charge is -2.37. The lowest BCUT2D eigenvalue weighted by molar-refractivity contribution is -0.134. The molecule has 1 amide bonds. The average Bonchev–Trinajstić information content (AvgIpc) is 3.04. The maximum absolute atomic E-state index is 12.9. The standard InChI is InChI=1S/C16H27N3O/c20-15(16-7-2-1-3-12(16)9-17-11-16)18-13-6-8-19(10-13)14-4-5-14/h12-14,17H,1-11H2,(H,18,20)/t12-,13?,16+/m0/s1. The van der Waals surface area contributed by atoms with Crippen molar-refractivity contribution in [2.24, 2.45) is 11.3 Å². The van der Waals surface area contributed by atoms with Crippen molar-refractivity contribution in [3.8, 4) is 0 Å². The maximum Gasteiger partial charge on any atom is 0.228 e. The number of hydrogen-bond acceptors (Lipinski definition) is 3. The van der Waals surface area contributed by atoms with Gasteiger partial charge in [0.15, 0.2) is 0 Å². The molecule has 0 aromatic heterocycles. The molecule has 20 heavy (non-hydrogen) atoms. The van der Waals surface area contributed by atoms with E-state index in [9.17, 15) is 4.79 Å². The van der Waals surface area contributed by atoms with E-state index in [1.807, 2.05) is 0 Å². The molecule has 2 heterocycles. The number of fused-ring (bicyclic) bond motifs is 1. The highest BCUT2D eigenvalue weighted by atomic mass is 16.2. The molecule has 3 atom stereocenters. The summed E-state index contributed by atoms with van der Waals surface area (Å²) in [6, 6.07) is 1.24. The van der Waals surface area contributed by atoms with Crippen LogP contribution in [0.5, 0.6) is 0 Å². The van der Waals surface area contributed by atoms with Crippen molar-refractivity contribution in [1.82, 2.24) is 15.5 Å². The predicted octanol–water partition coefficient (Wildman–Crippen LogP) is 1.12. The highest BCUT2D eigenvalue weighted by Crippen LogP contribution is 2.44. The fraction of sp³-hybridized carbons (Fsp3) is 0.938. The minimum atomic E-state index is -0.0781. The van der Waals surface area contributed by atoms with Gasteiger partial charge in [-0.15, -0.1) is 0 Å². The molecule has 2 saturated carbocycles. The summed E-state index contributed by atoms with van der Waals surface area (Å²) in [5.74, 6) is 0.937. The molecule has 2 saturated heterocycles. The van der Waals surface area contributed by atoms with Crippen LogP contribution in [0.4, 0.5) is 0 Å². The van der Waals surface area contributed by atoms with E-state index in [1.54, 1.807) is 0 Å². The van der Waals surface area contributed by atoms with E-state index in [-0.39, 0.29) is 5.41 Å². The lowest BCUT2D eigenvalue weighted by atomic mass is 9.67. The number of likely N-dealkylation sites (tertiary alicyclic amines) is 1. The van der Waals surface area contributed by atoms with Crippen LogP contribution in [0.1, 0.15) is 44.9 Å². The SMILES string of the molecule is O=C(NC1CCN(C2CC2)C1)[C@@]12CCCC[C@H]1CNC2. The number of nitrogens with one attached hydrogen (secondary N) is 2. The molecule has 4 rings (SSSR count). The topological polar surface area (TPSA) is 44.4 Å². The van der Waals surface area contributed by atoms with Gasteiger partial charge in [0.25, 0.3) is 0 Å². The van der Waals surface area contributed by atoms with Crippen molar-refractivity contribution in [3.63, 3.8) is 0 Å². The first-order chi connectivity index (χ1) is 9.78. The van der Waals surface area contributed by atoms with Crippen molar-refractivity contribution in [2.75, 3.05) is 26.2 Å². The largest absolute Gasteiger partial charge is 0.351 e. The van der Waals surface area contributed by atoms with Crippen LogP contribution in [-0.2, 0) is 4.79 Å². The van der Waals surface area contributed by atoms with Crippen molar-refractivity contribution in [3.05, 3.63) is 0 Å². The molecule has 0 aromatic rings. The first-order valence-electron chi connectivity index (χ1n) is 8.54. The van der Waals surface area contributed by atoms with Gasteiger partial charge in [-0.3, -0.25) is 9.69 Å². The Morgan fingerprint density at radius 1 is 1.20 bits per heavy atom. The first kappa shape index (κ1) is 13.1. The summed E-state index contributed by atoms with van der Waals surface area (Å²) >= 11 is 0. The van der Waals surface area contributed by atoms with Gasteiger partial charge >= 0.3 is 0 Å². The Bertz CT molecular complexity index is 395. The fourth-order valence-corrected chi connectivity index (χ4v) is 4.70. The van der Waals surface area contributed by atoms with Gasteiger partial charge in [-0.25, -0.2) is 0 Å². The van der Waals surface area contributed by atoms with Crippen molar-refractivity contribution in [1.29, 1.82) is 0 Å². The third-order valence-corrected chi connectivity index (χ3v) is 6.11. The van der Waals surface area contributed by atoms with E-state index in [0.717, 1.165) is 38.5 Å². The lowest BCUT2D eigenvalue weighted by Crippen LogP contribution is -2.51. The van der Waals surface area contributed by atoms with Crippen LogP contribution in [0.25, 0.3) is 0 Å². The Labute approximate surface area is 121 Å². The van der Waals surface area contributed by atoms with Gasteiger partial charge in [-0.1, -0.05) is 12.8 Å². The summed E-state index contributed by atoms with van der Waals surface area (Å²) < 4.78 is 0. The van der Waals surface area contributed by atoms with E-state index < -0.39 is 0 Å². The molecule has 0 spiro atoms. The number of carbonyl (C=O) groups is 1. The van der Waals surface area contributed by atoms with Crippen LogP contribution in [-0.4, -0.2) is 49.1 Å². The van der Waals surface area contributed by atoms with Crippen molar-refractivity contribution < 1.29 is 4.79 Å². The van der Waals surface area contributed by atoms with Crippen LogP contribution in [0.15, 0.2) is 0 Å². The van der Waals surface area contributed by atoms with Crippen molar-refractivity contribution in [2.45, 2.75) is 57.0 Å². The average molecular weight is 277 g/mol. The number of nitrogens with zero attached hydrogens (tertiary/aromatic N) is 1. The van der Waals surface area contributed by atoms with Gasteiger partial charge in [0, 0.05) is 31.7 Å². The second-order valence-electron chi connectivity index (χ2n) is 7.41. The summed E-state index contributed by atoms with van der Waals surface area (Å²) in [7, 11) is 0. The molecule has 4 aliphatic rings. The van der Waals surface area contributed by atoms with Crippen LogP contribution in [0, 0.1) is 11.3 Å². The van der Waals surface area contributed by atoms with Gasteiger partial charge < -0.3 is 10.6 Å². The maximum atomic E-state index is 12.9. The quantitative estimate of drug-likeness (QED) is 0.812. The molecule has 0 bridgehead atoms. The molecule has 0 aromatic carbocycles. The molecular formula is C16H27N3O. The highest BCUT2D eigenvalue weighted by molar-refractivity contribution is 5.84. The summed E-state index contributed by atoms with van der Waals surface area (Å²) in [5.41, 5.74) is -0.0781. The molecule has 2 aliphatic carbocycles. The summed E-state index contributed by atoms with van der Waals surface area (Å²) in [4.78, 5) is 15.5. The number of amides is 1. The molecule has 2 aliphatic heterocycles. The predicted molar refractivity (Wildman–Crippen MR) is 78.4 cm³/mol. The van der Waals surface area contributed by atoms with E-state index >= 15 is 0 Å². The summed E-state index contributed by atoms with van der Waals surface area (Å²) in [5, 5.41) is 6.88. The Balaban J connectivity index is 1.39. The summed E-state index contributed by atoms with van der Waals surface area (Å²) in [6.07, 6.45) is 8.75. The molecule has 4 nitrogen and oxygen atoms in total. The monoisotopic (exact) mass is 277 g/mol. The van der Waals surface area contributed by atoms with Gasteiger partial charge in [0.1, 0.15) is 0 Å². The Hall–Kier alpha value is -0.610. The summed E-state index contributed by atoms with van der Waals surface area (Å²) in [6.45, 7) is 4.23. The number of hydrogen-bond donors (Lipinski definition) is 2. The van der Waals surface area contributed by atoms with Crippen LogP contribution in [0.2, 0.25) is 0 Å². The Kier molecular flexibility index (Phi) is 3.26. The Morgan fingerprint density at radius 3 is 2.95 bits per heavy atom. The van der Waals surface area contributed by atoms with Crippen LogP contribution in [0.3, 0.4) is 0 Å². The van der Waals surface area contributed by atoms with Gasteiger partial charge in [-0.05, 0) is 44.6 Å².